The van der Waals surface area contributed by atoms with Gasteiger partial charge in [-0.2, -0.15) is 0 Å². The van der Waals surface area contributed by atoms with Gasteiger partial charge in [-0.1, -0.05) is 29.8 Å². The number of nitrogens with one attached hydrogen (secondary N) is 2. The van der Waals surface area contributed by atoms with Crippen LogP contribution in [0.5, 0.6) is 0 Å². The van der Waals surface area contributed by atoms with Gasteiger partial charge in [0, 0.05) is 28.9 Å². The molecule has 5 heteroatoms. The fourth-order valence-corrected chi connectivity index (χ4v) is 3.05. The Morgan fingerprint density at radius 1 is 0.880 bits per heavy atom. The molecule has 0 unspecified atom stereocenters. The summed E-state index contributed by atoms with van der Waals surface area (Å²) in [4.78, 5) is 8.99. The average molecular weight is 344 g/mol. The Morgan fingerprint density at radius 2 is 1.60 bits per heavy atom. The van der Waals surface area contributed by atoms with Crippen molar-refractivity contribution in [1.29, 1.82) is 0 Å². The number of pyridine rings is 2. The van der Waals surface area contributed by atoms with Gasteiger partial charge in [0.15, 0.2) is 5.11 Å². The van der Waals surface area contributed by atoms with Crippen LogP contribution in [-0.4, -0.2) is 15.1 Å². The SMILES string of the molecule is Cc1ccc(NC(=S)Nc2cc3ncccc3c3cccnc23)cc1. The van der Waals surface area contributed by atoms with Crippen LogP contribution in [-0.2, 0) is 0 Å². The standard InChI is InChI=1S/C20H16N4S/c1-13-6-8-14(9-7-13)23-20(25)24-18-12-17-15(4-2-10-21-17)16-5-3-11-22-19(16)18/h2-12H,1H3,(H2,23,24,25). The average Bonchev–Trinajstić information content (AvgIpc) is 2.64. The minimum Gasteiger partial charge on any atom is -0.332 e. The highest BCUT2D eigenvalue weighted by Gasteiger charge is 2.09. The molecular formula is C20H16N4S. The van der Waals surface area contributed by atoms with Crippen LogP contribution in [0.3, 0.4) is 0 Å². The van der Waals surface area contributed by atoms with Crippen LogP contribution in [0, 0.1) is 6.92 Å². The minimum atomic E-state index is 0.520. The summed E-state index contributed by atoms with van der Waals surface area (Å²) < 4.78 is 0. The summed E-state index contributed by atoms with van der Waals surface area (Å²) in [6.45, 7) is 2.06. The van der Waals surface area contributed by atoms with Gasteiger partial charge in [-0.05, 0) is 49.5 Å². The predicted molar refractivity (Wildman–Crippen MR) is 108 cm³/mol. The zero-order chi connectivity index (χ0) is 17.2. The molecule has 2 aromatic carbocycles. The number of rotatable bonds is 2. The van der Waals surface area contributed by atoms with Crippen LogP contribution in [0.15, 0.2) is 67.0 Å². The van der Waals surface area contributed by atoms with E-state index in [4.69, 9.17) is 12.2 Å². The van der Waals surface area contributed by atoms with Crippen molar-refractivity contribution in [3.05, 3.63) is 72.6 Å². The van der Waals surface area contributed by atoms with Gasteiger partial charge in [0.25, 0.3) is 0 Å². The van der Waals surface area contributed by atoms with E-state index in [1.807, 2.05) is 48.5 Å². The van der Waals surface area contributed by atoms with E-state index in [9.17, 15) is 0 Å². The van der Waals surface area contributed by atoms with Crippen molar-refractivity contribution in [3.63, 3.8) is 0 Å². The molecule has 122 valence electrons. The van der Waals surface area contributed by atoms with Crippen molar-refractivity contribution in [3.8, 4) is 0 Å². The van der Waals surface area contributed by atoms with Crippen LogP contribution in [0.2, 0.25) is 0 Å². The lowest BCUT2D eigenvalue weighted by Gasteiger charge is -2.13. The van der Waals surface area contributed by atoms with Crippen molar-refractivity contribution in [1.82, 2.24) is 9.97 Å². The molecule has 0 spiro atoms. The van der Waals surface area contributed by atoms with Crippen molar-refractivity contribution in [2.75, 3.05) is 10.6 Å². The first-order valence-corrected chi connectivity index (χ1v) is 8.39. The molecule has 0 fully saturated rings. The Labute approximate surface area is 150 Å². The Balaban J connectivity index is 1.70. The van der Waals surface area contributed by atoms with E-state index in [1.165, 1.54) is 5.56 Å². The quantitative estimate of drug-likeness (QED) is 0.400. The maximum Gasteiger partial charge on any atom is 0.175 e. The van der Waals surface area contributed by atoms with E-state index >= 15 is 0 Å². The largest absolute Gasteiger partial charge is 0.332 e. The number of thiocarbonyl (C=S) groups is 1. The van der Waals surface area contributed by atoms with E-state index in [1.54, 1.807) is 12.4 Å². The van der Waals surface area contributed by atoms with Crippen molar-refractivity contribution < 1.29 is 0 Å². The molecule has 4 nitrogen and oxygen atoms in total. The van der Waals surface area contributed by atoms with E-state index in [2.05, 4.69) is 33.6 Å². The van der Waals surface area contributed by atoms with Crippen LogP contribution in [0.4, 0.5) is 11.4 Å². The Hall–Kier alpha value is -3.05. The van der Waals surface area contributed by atoms with Crippen LogP contribution < -0.4 is 10.6 Å². The van der Waals surface area contributed by atoms with Gasteiger partial charge in [-0.15, -0.1) is 0 Å². The van der Waals surface area contributed by atoms with Gasteiger partial charge < -0.3 is 10.6 Å². The Bertz CT molecular complexity index is 1070. The number of anilines is 2. The van der Waals surface area contributed by atoms with Crippen LogP contribution >= 0.6 is 12.2 Å². The summed E-state index contributed by atoms with van der Waals surface area (Å²) in [5.41, 5.74) is 4.77. The van der Waals surface area contributed by atoms with E-state index < -0.39 is 0 Å². The number of fused-ring (bicyclic) bond motifs is 3. The van der Waals surface area contributed by atoms with E-state index in [0.717, 1.165) is 33.2 Å². The second-order valence-corrected chi connectivity index (χ2v) is 6.25. The molecule has 2 aromatic heterocycles. The molecule has 4 rings (SSSR count). The van der Waals surface area contributed by atoms with Crippen molar-refractivity contribution >= 4 is 50.5 Å². The Kier molecular flexibility index (Phi) is 3.99. The number of aryl methyl sites for hydroxylation is 1. The highest BCUT2D eigenvalue weighted by Crippen LogP contribution is 2.29. The van der Waals surface area contributed by atoms with Crippen molar-refractivity contribution in [2.45, 2.75) is 6.92 Å². The second kappa shape index (κ2) is 6.45. The molecule has 0 saturated carbocycles. The number of hydrogen-bond donors (Lipinski definition) is 2. The maximum absolute atomic E-state index is 5.47. The lowest BCUT2D eigenvalue weighted by Crippen LogP contribution is -2.19. The van der Waals surface area contributed by atoms with Gasteiger partial charge in [-0.3, -0.25) is 9.97 Å². The maximum atomic E-state index is 5.47. The molecule has 2 N–H and O–H groups in total. The molecule has 0 aliphatic rings. The lowest BCUT2D eigenvalue weighted by molar-refractivity contribution is 1.39. The Morgan fingerprint density at radius 3 is 2.40 bits per heavy atom. The molecular weight excluding hydrogens is 328 g/mol. The molecule has 0 atom stereocenters. The summed E-state index contributed by atoms with van der Waals surface area (Å²) in [5, 5.41) is 9.11. The van der Waals surface area contributed by atoms with Gasteiger partial charge in [0.05, 0.1) is 16.7 Å². The lowest BCUT2D eigenvalue weighted by atomic mass is 10.1. The minimum absolute atomic E-state index is 0.520. The predicted octanol–water partition coefficient (Wildman–Crippen LogP) is 4.90. The molecule has 4 aromatic rings. The number of aromatic nitrogens is 2. The third-order valence-corrected chi connectivity index (χ3v) is 4.23. The molecule has 2 heterocycles. The normalized spacial score (nSPS) is 10.8. The van der Waals surface area contributed by atoms with E-state index in [-0.39, 0.29) is 0 Å². The molecule has 0 aliphatic carbocycles. The second-order valence-electron chi connectivity index (χ2n) is 5.84. The highest BCUT2D eigenvalue weighted by atomic mass is 32.1. The van der Waals surface area contributed by atoms with Gasteiger partial charge >= 0.3 is 0 Å². The topological polar surface area (TPSA) is 49.8 Å². The van der Waals surface area contributed by atoms with Gasteiger partial charge in [0.2, 0.25) is 0 Å². The van der Waals surface area contributed by atoms with Gasteiger partial charge in [-0.25, -0.2) is 0 Å². The third kappa shape index (κ3) is 3.14. The summed E-state index contributed by atoms with van der Waals surface area (Å²) in [5.74, 6) is 0. The first-order valence-electron chi connectivity index (χ1n) is 7.98. The fraction of sp³-hybridized carbons (Fsp3) is 0.0500. The first-order chi connectivity index (χ1) is 12.2. The van der Waals surface area contributed by atoms with Gasteiger partial charge in [0.1, 0.15) is 0 Å². The molecule has 0 radical (unpaired) electrons. The molecule has 0 aliphatic heterocycles. The van der Waals surface area contributed by atoms with Crippen LogP contribution in [0.1, 0.15) is 5.56 Å². The number of benzene rings is 2. The van der Waals surface area contributed by atoms with Crippen molar-refractivity contribution in [2.24, 2.45) is 0 Å². The summed E-state index contributed by atoms with van der Waals surface area (Å²) in [6.07, 6.45) is 3.57. The number of nitrogens with zero attached hydrogens (tertiary/aromatic N) is 2. The molecule has 0 amide bonds. The fourth-order valence-electron chi connectivity index (χ4n) is 2.82. The van der Waals surface area contributed by atoms with Crippen LogP contribution in [0.25, 0.3) is 21.8 Å². The zero-order valence-corrected chi connectivity index (χ0v) is 14.5. The molecule has 0 bridgehead atoms. The van der Waals surface area contributed by atoms with E-state index in [0.29, 0.717) is 5.11 Å². The smallest absolute Gasteiger partial charge is 0.175 e. The summed E-state index contributed by atoms with van der Waals surface area (Å²) in [6, 6.07) is 18.0. The third-order valence-electron chi connectivity index (χ3n) is 4.03. The highest BCUT2D eigenvalue weighted by molar-refractivity contribution is 7.80. The molecule has 25 heavy (non-hydrogen) atoms. The monoisotopic (exact) mass is 344 g/mol. The first kappa shape index (κ1) is 15.5. The summed E-state index contributed by atoms with van der Waals surface area (Å²) in [7, 11) is 0. The molecule has 0 saturated heterocycles. The zero-order valence-electron chi connectivity index (χ0n) is 13.7. The number of hydrogen-bond acceptors (Lipinski definition) is 3. The summed E-state index contributed by atoms with van der Waals surface area (Å²) >= 11 is 5.47.